The van der Waals surface area contributed by atoms with Gasteiger partial charge in [0.15, 0.2) is 29.6 Å². The lowest BCUT2D eigenvalue weighted by Crippen LogP contribution is -2.20. The molecule has 3 aromatic rings. The van der Waals surface area contributed by atoms with Crippen molar-refractivity contribution in [1.82, 2.24) is 5.43 Å². The van der Waals surface area contributed by atoms with Gasteiger partial charge in [0.05, 0.1) is 19.9 Å². The molecule has 0 bridgehead atoms. The minimum Gasteiger partial charge on any atom is -0.493 e. The van der Waals surface area contributed by atoms with E-state index in [4.69, 9.17) is 24.7 Å². The normalized spacial score (nSPS) is 10.6. The number of hydrazone groups is 1. The van der Waals surface area contributed by atoms with Crippen molar-refractivity contribution in [2.45, 2.75) is 13.5 Å². The fraction of sp³-hybridized carbons (Fsp3) is 0.192. The average Bonchev–Trinajstić information content (AvgIpc) is 2.87. The molecule has 0 saturated heterocycles. The number of benzene rings is 3. The standard InChI is InChI=1S/C26H27N3O6/c1-3-33-24-13-19(9-11-22(24)35-17-25(27)30)15-28-29-26(31)20-10-12-21(23(14-20)32-2)34-16-18-7-5-4-6-8-18/h4-15H,3,16-17H2,1-2H3,(H2,27,30)(H,29,31)/b28-15+. The van der Waals surface area contributed by atoms with Gasteiger partial charge in [0.2, 0.25) is 0 Å². The summed E-state index contributed by atoms with van der Waals surface area (Å²) < 4.78 is 22.1. The summed E-state index contributed by atoms with van der Waals surface area (Å²) in [7, 11) is 1.51. The summed E-state index contributed by atoms with van der Waals surface area (Å²) in [6.45, 7) is 2.34. The van der Waals surface area contributed by atoms with E-state index in [-0.39, 0.29) is 6.61 Å². The number of amides is 2. The fourth-order valence-electron chi connectivity index (χ4n) is 3.03. The number of nitrogens with two attached hydrogens (primary N) is 1. The Hall–Kier alpha value is -4.53. The molecule has 0 atom stereocenters. The largest absolute Gasteiger partial charge is 0.493 e. The molecule has 35 heavy (non-hydrogen) atoms. The number of ether oxygens (including phenoxy) is 4. The minimum absolute atomic E-state index is 0.261. The first-order valence-electron chi connectivity index (χ1n) is 10.9. The molecule has 3 rings (SSSR count). The van der Waals surface area contributed by atoms with E-state index in [9.17, 15) is 9.59 Å². The number of rotatable bonds is 12. The summed E-state index contributed by atoms with van der Waals surface area (Å²) in [6, 6.07) is 19.7. The second kappa shape index (κ2) is 12.6. The minimum atomic E-state index is -0.590. The molecule has 0 aliphatic heterocycles. The van der Waals surface area contributed by atoms with Crippen LogP contribution in [0.2, 0.25) is 0 Å². The Kier molecular flexibility index (Phi) is 9.07. The van der Waals surface area contributed by atoms with Gasteiger partial charge in [-0.25, -0.2) is 5.43 Å². The second-order valence-electron chi connectivity index (χ2n) is 7.23. The van der Waals surface area contributed by atoms with Crippen LogP contribution in [0.15, 0.2) is 71.8 Å². The highest BCUT2D eigenvalue weighted by molar-refractivity contribution is 5.95. The number of nitrogens with zero attached hydrogens (tertiary/aromatic N) is 1. The summed E-state index contributed by atoms with van der Waals surface area (Å²) in [6.07, 6.45) is 1.47. The van der Waals surface area contributed by atoms with Gasteiger partial charge >= 0.3 is 0 Å². The van der Waals surface area contributed by atoms with Crippen LogP contribution in [0, 0.1) is 0 Å². The van der Waals surface area contributed by atoms with E-state index in [1.165, 1.54) is 13.3 Å². The topological polar surface area (TPSA) is 121 Å². The molecule has 0 unspecified atom stereocenters. The lowest BCUT2D eigenvalue weighted by Gasteiger charge is -2.12. The molecular weight excluding hydrogens is 450 g/mol. The van der Waals surface area contributed by atoms with Crippen molar-refractivity contribution < 1.29 is 28.5 Å². The maximum absolute atomic E-state index is 12.6. The van der Waals surface area contributed by atoms with Crippen molar-refractivity contribution in [3.05, 3.63) is 83.4 Å². The zero-order valence-electron chi connectivity index (χ0n) is 19.5. The van der Waals surface area contributed by atoms with Gasteiger partial charge in [-0.2, -0.15) is 5.10 Å². The molecule has 3 aromatic carbocycles. The van der Waals surface area contributed by atoms with Crippen LogP contribution in [0.5, 0.6) is 23.0 Å². The molecule has 182 valence electrons. The van der Waals surface area contributed by atoms with Crippen molar-refractivity contribution in [2.75, 3.05) is 20.3 Å². The Labute approximate surface area is 203 Å². The number of carbonyl (C=O) groups excluding carboxylic acids is 2. The Morgan fingerprint density at radius 2 is 1.66 bits per heavy atom. The molecule has 0 aromatic heterocycles. The number of nitrogens with one attached hydrogen (secondary N) is 1. The Morgan fingerprint density at radius 1 is 0.914 bits per heavy atom. The molecule has 0 aliphatic carbocycles. The molecular formula is C26H27N3O6. The number of primary amides is 1. The summed E-state index contributed by atoms with van der Waals surface area (Å²) in [5.74, 6) is 0.770. The molecule has 0 saturated carbocycles. The zero-order chi connectivity index (χ0) is 25.0. The molecule has 0 aliphatic rings. The Morgan fingerprint density at radius 3 is 2.37 bits per heavy atom. The van der Waals surface area contributed by atoms with E-state index in [0.717, 1.165) is 5.56 Å². The first-order chi connectivity index (χ1) is 17.0. The van der Waals surface area contributed by atoms with E-state index >= 15 is 0 Å². The molecule has 2 amide bonds. The van der Waals surface area contributed by atoms with Crippen LogP contribution in [0.1, 0.15) is 28.4 Å². The van der Waals surface area contributed by atoms with Crippen LogP contribution >= 0.6 is 0 Å². The van der Waals surface area contributed by atoms with Crippen molar-refractivity contribution >= 4 is 18.0 Å². The van der Waals surface area contributed by atoms with Crippen LogP contribution in [0.4, 0.5) is 0 Å². The molecule has 0 spiro atoms. The van der Waals surface area contributed by atoms with Crippen molar-refractivity contribution in [2.24, 2.45) is 10.8 Å². The van der Waals surface area contributed by atoms with E-state index in [2.05, 4.69) is 10.5 Å². The number of hydrogen-bond donors (Lipinski definition) is 2. The van der Waals surface area contributed by atoms with Gasteiger partial charge in [-0.05, 0) is 54.4 Å². The van der Waals surface area contributed by atoms with Crippen LogP contribution in [-0.4, -0.2) is 38.4 Å². The van der Waals surface area contributed by atoms with Gasteiger partial charge in [-0.1, -0.05) is 30.3 Å². The quantitative estimate of drug-likeness (QED) is 0.305. The van der Waals surface area contributed by atoms with Crippen LogP contribution in [0.25, 0.3) is 0 Å². The summed E-state index contributed by atoms with van der Waals surface area (Å²) in [5, 5.41) is 4.01. The van der Waals surface area contributed by atoms with Gasteiger partial charge < -0.3 is 24.7 Å². The second-order valence-corrected chi connectivity index (χ2v) is 7.23. The lowest BCUT2D eigenvalue weighted by atomic mass is 10.2. The summed E-state index contributed by atoms with van der Waals surface area (Å²) >= 11 is 0. The third-order valence-corrected chi connectivity index (χ3v) is 4.68. The van der Waals surface area contributed by atoms with Gasteiger partial charge in [0.1, 0.15) is 6.61 Å². The fourth-order valence-corrected chi connectivity index (χ4v) is 3.03. The molecule has 0 heterocycles. The predicted molar refractivity (Wildman–Crippen MR) is 131 cm³/mol. The van der Waals surface area contributed by atoms with Crippen LogP contribution in [-0.2, 0) is 11.4 Å². The number of hydrogen-bond acceptors (Lipinski definition) is 7. The molecule has 0 fully saturated rings. The molecule has 0 radical (unpaired) electrons. The monoisotopic (exact) mass is 477 g/mol. The van der Waals surface area contributed by atoms with Gasteiger partial charge in [-0.15, -0.1) is 0 Å². The Balaban J connectivity index is 1.63. The van der Waals surface area contributed by atoms with E-state index in [1.807, 2.05) is 37.3 Å². The van der Waals surface area contributed by atoms with Gasteiger partial charge in [0, 0.05) is 5.56 Å². The number of methoxy groups -OCH3 is 1. The highest BCUT2D eigenvalue weighted by atomic mass is 16.5. The summed E-state index contributed by atoms with van der Waals surface area (Å²) in [5.41, 5.74) is 9.64. The highest BCUT2D eigenvalue weighted by Crippen LogP contribution is 2.29. The maximum Gasteiger partial charge on any atom is 0.271 e. The van der Waals surface area contributed by atoms with Gasteiger partial charge in [0.25, 0.3) is 11.8 Å². The van der Waals surface area contributed by atoms with Crippen LogP contribution < -0.4 is 30.1 Å². The van der Waals surface area contributed by atoms with Crippen LogP contribution in [0.3, 0.4) is 0 Å². The predicted octanol–water partition coefficient (Wildman–Crippen LogP) is 3.30. The van der Waals surface area contributed by atoms with Gasteiger partial charge in [-0.3, -0.25) is 9.59 Å². The Bertz CT molecular complexity index is 1180. The van der Waals surface area contributed by atoms with E-state index in [0.29, 0.717) is 47.3 Å². The maximum atomic E-state index is 12.6. The smallest absolute Gasteiger partial charge is 0.271 e. The van der Waals surface area contributed by atoms with E-state index < -0.39 is 11.8 Å². The first-order valence-corrected chi connectivity index (χ1v) is 10.9. The third-order valence-electron chi connectivity index (χ3n) is 4.68. The SMILES string of the molecule is CCOc1cc(/C=N/NC(=O)c2ccc(OCc3ccccc3)c(OC)c2)ccc1OCC(N)=O. The molecule has 9 heteroatoms. The summed E-state index contributed by atoms with van der Waals surface area (Å²) in [4.78, 5) is 23.5. The highest BCUT2D eigenvalue weighted by Gasteiger charge is 2.12. The zero-order valence-corrected chi connectivity index (χ0v) is 19.5. The van der Waals surface area contributed by atoms with Crippen molar-refractivity contribution in [1.29, 1.82) is 0 Å². The first kappa shape index (κ1) is 25.1. The molecule has 9 nitrogen and oxygen atoms in total. The van der Waals surface area contributed by atoms with Crippen molar-refractivity contribution in [3.63, 3.8) is 0 Å². The molecule has 3 N–H and O–H groups in total. The third kappa shape index (κ3) is 7.50. The van der Waals surface area contributed by atoms with E-state index in [1.54, 1.807) is 36.4 Å². The van der Waals surface area contributed by atoms with Crippen molar-refractivity contribution in [3.8, 4) is 23.0 Å². The number of carbonyl (C=O) groups is 2. The lowest BCUT2D eigenvalue weighted by molar-refractivity contribution is -0.119. The average molecular weight is 478 g/mol.